The van der Waals surface area contributed by atoms with E-state index in [0.29, 0.717) is 24.0 Å². The number of nitrogens with zero attached hydrogens (tertiary/aromatic N) is 1. The van der Waals surface area contributed by atoms with Gasteiger partial charge in [-0.15, -0.1) is 0 Å². The highest BCUT2D eigenvalue weighted by atomic mass is 79.9. The monoisotopic (exact) mass is 391 g/mol. The zero-order chi connectivity index (χ0) is 17.1. The van der Waals surface area contributed by atoms with Crippen LogP contribution in [0.3, 0.4) is 0 Å². The van der Waals surface area contributed by atoms with Crippen LogP contribution < -0.4 is 15.5 Å². The molecule has 0 atom stereocenters. The predicted octanol–water partition coefficient (Wildman–Crippen LogP) is 3.65. The topological polar surface area (TPSA) is 61.4 Å². The number of carbonyl (C=O) groups excluding carboxylic acids is 2. The molecule has 0 bridgehead atoms. The van der Waals surface area contributed by atoms with Crippen LogP contribution >= 0.6 is 15.9 Å². The van der Waals surface area contributed by atoms with Gasteiger partial charge in [-0.1, -0.05) is 6.07 Å². The van der Waals surface area contributed by atoms with E-state index in [4.69, 9.17) is 0 Å². The molecule has 5 nitrogen and oxygen atoms in total. The largest absolute Gasteiger partial charge is 0.381 e. The minimum atomic E-state index is -0.405. The fourth-order valence-electron chi connectivity index (χ4n) is 2.42. The van der Waals surface area contributed by atoms with Crippen LogP contribution in [-0.4, -0.2) is 18.5 Å². The van der Waals surface area contributed by atoms with Crippen molar-refractivity contribution in [1.29, 1.82) is 0 Å². The minimum Gasteiger partial charge on any atom is -0.381 e. The van der Waals surface area contributed by atoms with Gasteiger partial charge in [-0.25, -0.2) is 9.18 Å². The van der Waals surface area contributed by atoms with Gasteiger partial charge in [-0.05, 0) is 57.9 Å². The van der Waals surface area contributed by atoms with Crippen molar-refractivity contribution in [1.82, 2.24) is 5.32 Å². The van der Waals surface area contributed by atoms with Gasteiger partial charge in [0.2, 0.25) is 5.91 Å². The molecule has 1 aliphatic heterocycles. The maximum absolute atomic E-state index is 13.5. The molecule has 0 unspecified atom stereocenters. The van der Waals surface area contributed by atoms with Gasteiger partial charge in [0.25, 0.3) is 0 Å². The van der Waals surface area contributed by atoms with Gasteiger partial charge in [0.15, 0.2) is 0 Å². The molecule has 1 fully saturated rings. The number of amides is 3. The second-order valence-electron chi connectivity index (χ2n) is 5.40. The molecule has 24 heavy (non-hydrogen) atoms. The van der Waals surface area contributed by atoms with Crippen LogP contribution in [0.2, 0.25) is 0 Å². The van der Waals surface area contributed by atoms with Gasteiger partial charge < -0.3 is 5.32 Å². The Balaban J connectivity index is 1.63. The average Bonchev–Trinajstić information content (AvgIpc) is 2.57. The van der Waals surface area contributed by atoms with Crippen molar-refractivity contribution in [3.05, 3.63) is 58.3 Å². The summed E-state index contributed by atoms with van der Waals surface area (Å²) in [5.41, 5.74) is 2.41. The van der Waals surface area contributed by atoms with Gasteiger partial charge in [-0.2, -0.15) is 0 Å². The molecule has 0 saturated carbocycles. The zero-order valence-corrected chi connectivity index (χ0v) is 14.3. The number of imide groups is 1. The molecular formula is C17H15BrFN3O2. The van der Waals surface area contributed by atoms with Crippen molar-refractivity contribution >= 4 is 39.2 Å². The Morgan fingerprint density at radius 2 is 1.92 bits per heavy atom. The second-order valence-corrected chi connectivity index (χ2v) is 6.26. The van der Waals surface area contributed by atoms with E-state index in [2.05, 4.69) is 26.6 Å². The van der Waals surface area contributed by atoms with E-state index < -0.39 is 6.03 Å². The predicted molar refractivity (Wildman–Crippen MR) is 93.4 cm³/mol. The molecule has 3 amide bonds. The van der Waals surface area contributed by atoms with E-state index >= 15 is 0 Å². The number of carbonyl (C=O) groups is 2. The van der Waals surface area contributed by atoms with Crippen LogP contribution in [0.1, 0.15) is 12.0 Å². The van der Waals surface area contributed by atoms with E-state index in [1.54, 1.807) is 18.2 Å². The number of urea groups is 1. The standard InChI is InChI=1S/C17H15BrFN3O2/c18-14-6-1-11(9-15(14)19)10-20-12-2-4-13(5-3-12)22-8-7-16(23)21-17(22)24/h1-6,9,20H,7-8,10H2,(H,21,23,24). The van der Waals surface area contributed by atoms with Gasteiger partial charge in [0.1, 0.15) is 5.82 Å². The Hall–Kier alpha value is -2.41. The van der Waals surface area contributed by atoms with Crippen LogP contribution in [-0.2, 0) is 11.3 Å². The molecule has 2 aromatic carbocycles. The smallest absolute Gasteiger partial charge is 0.328 e. The normalized spacial score (nSPS) is 14.5. The SMILES string of the molecule is O=C1CCN(c2ccc(NCc3ccc(Br)c(F)c3)cc2)C(=O)N1. The first-order valence-electron chi connectivity index (χ1n) is 7.42. The lowest BCUT2D eigenvalue weighted by Gasteiger charge is -2.26. The van der Waals surface area contributed by atoms with Crippen LogP contribution in [0.15, 0.2) is 46.9 Å². The number of benzene rings is 2. The summed E-state index contributed by atoms with van der Waals surface area (Å²) >= 11 is 3.13. The molecular weight excluding hydrogens is 377 g/mol. The summed E-state index contributed by atoms with van der Waals surface area (Å²) in [6, 6.07) is 11.9. The van der Waals surface area contributed by atoms with Crippen LogP contribution in [0.25, 0.3) is 0 Å². The highest BCUT2D eigenvalue weighted by molar-refractivity contribution is 9.10. The van der Waals surface area contributed by atoms with E-state index in [1.165, 1.54) is 11.0 Å². The zero-order valence-electron chi connectivity index (χ0n) is 12.7. The highest BCUT2D eigenvalue weighted by Gasteiger charge is 2.23. The third-order valence-corrected chi connectivity index (χ3v) is 4.36. The Morgan fingerprint density at radius 3 is 2.58 bits per heavy atom. The molecule has 0 spiro atoms. The molecule has 1 aliphatic rings. The molecule has 1 saturated heterocycles. The molecule has 0 radical (unpaired) electrons. The van der Waals surface area contributed by atoms with E-state index in [0.717, 1.165) is 16.9 Å². The van der Waals surface area contributed by atoms with Crippen LogP contribution in [0.4, 0.5) is 20.6 Å². The molecule has 2 aromatic rings. The lowest BCUT2D eigenvalue weighted by molar-refractivity contribution is -0.120. The summed E-state index contributed by atoms with van der Waals surface area (Å²) in [6.07, 6.45) is 0.293. The van der Waals surface area contributed by atoms with Crippen molar-refractivity contribution in [2.45, 2.75) is 13.0 Å². The Morgan fingerprint density at radius 1 is 1.17 bits per heavy atom. The fraction of sp³-hybridized carbons (Fsp3) is 0.176. The van der Waals surface area contributed by atoms with Gasteiger partial charge >= 0.3 is 6.03 Å². The molecule has 2 N–H and O–H groups in total. The summed E-state index contributed by atoms with van der Waals surface area (Å²) in [4.78, 5) is 24.5. The van der Waals surface area contributed by atoms with Crippen molar-refractivity contribution in [2.24, 2.45) is 0 Å². The van der Waals surface area contributed by atoms with Crippen molar-refractivity contribution in [3.8, 4) is 0 Å². The second kappa shape index (κ2) is 7.00. The minimum absolute atomic E-state index is 0.253. The molecule has 0 aromatic heterocycles. The molecule has 124 valence electrons. The number of nitrogens with one attached hydrogen (secondary N) is 2. The first-order valence-corrected chi connectivity index (χ1v) is 8.21. The highest BCUT2D eigenvalue weighted by Crippen LogP contribution is 2.21. The lowest BCUT2D eigenvalue weighted by Crippen LogP contribution is -2.49. The summed E-state index contributed by atoms with van der Waals surface area (Å²) in [6.45, 7) is 0.859. The van der Waals surface area contributed by atoms with E-state index in [1.807, 2.05) is 18.2 Å². The third kappa shape index (κ3) is 3.73. The van der Waals surface area contributed by atoms with E-state index in [9.17, 15) is 14.0 Å². The van der Waals surface area contributed by atoms with Gasteiger partial charge in [-0.3, -0.25) is 15.0 Å². The van der Waals surface area contributed by atoms with Crippen LogP contribution in [0.5, 0.6) is 0 Å². The van der Waals surface area contributed by atoms with Crippen LogP contribution in [0, 0.1) is 5.82 Å². The Labute approximate surface area is 147 Å². The van der Waals surface area contributed by atoms with Crippen molar-refractivity contribution in [2.75, 3.05) is 16.8 Å². The number of rotatable bonds is 4. The maximum Gasteiger partial charge on any atom is 0.328 e. The summed E-state index contributed by atoms with van der Waals surface area (Å²) < 4.78 is 13.9. The summed E-state index contributed by atoms with van der Waals surface area (Å²) in [7, 11) is 0. The van der Waals surface area contributed by atoms with Gasteiger partial charge in [0.05, 0.1) is 4.47 Å². The quantitative estimate of drug-likeness (QED) is 0.835. The number of halogens is 2. The average molecular weight is 392 g/mol. The van der Waals surface area contributed by atoms with E-state index in [-0.39, 0.29) is 11.7 Å². The molecule has 3 rings (SSSR count). The number of hydrogen-bond donors (Lipinski definition) is 2. The summed E-state index contributed by atoms with van der Waals surface area (Å²) in [5, 5.41) is 5.49. The molecule has 7 heteroatoms. The number of anilines is 2. The number of hydrogen-bond acceptors (Lipinski definition) is 3. The Kier molecular flexibility index (Phi) is 4.80. The summed E-state index contributed by atoms with van der Waals surface area (Å²) in [5.74, 6) is -0.549. The molecule has 1 heterocycles. The van der Waals surface area contributed by atoms with Crippen molar-refractivity contribution < 1.29 is 14.0 Å². The maximum atomic E-state index is 13.5. The third-order valence-electron chi connectivity index (χ3n) is 3.71. The first kappa shape index (κ1) is 16.4. The Bertz CT molecular complexity index is 780. The fourth-order valence-corrected chi connectivity index (χ4v) is 2.67. The molecule has 0 aliphatic carbocycles. The first-order chi connectivity index (χ1) is 11.5. The van der Waals surface area contributed by atoms with Crippen molar-refractivity contribution in [3.63, 3.8) is 0 Å². The van der Waals surface area contributed by atoms with Gasteiger partial charge in [0, 0.05) is 30.9 Å². The lowest BCUT2D eigenvalue weighted by atomic mass is 10.2.